The molecule has 1 spiro atoms. The smallest absolute Gasteiger partial charge is 0.359 e. The number of aliphatic imine (C=N–C) groups is 1. The number of carbonyl (C=O) groups excluding carboxylic acids is 1. The summed E-state index contributed by atoms with van der Waals surface area (Å²) in [6.07, 6.45) is -1.66. The molecule has 0 saturated carbocycles. The summed E-state index contributed by atoms with van der Waals surface area (Å²) in [5, 5.41) is 5.61. The molecule has 2 N–H and O–H groups in total. The largest absolute Gasteiger partial charge is 0.416 e. The van der Waals surface area contributed by atoms with Crippen molar-refractivity contribution in [3.05, 3.63) is 59.2 Å². The number of nitrogens with zero attached hydrogens (tertiary/aromatic N) is 1. The maximum absolute atomic E-state index is 13.1. The van der Waals surface area contributed by atoms with Crippen LogP contribution < -0.4 is 10.6 Å². The molecule has 2 aliphatic rings. The van der Waals surface area contributed by atoms with Gasteiger partial charge in [0.25, 0.3) is 0 Å². The van der Waals surface area contributed by atoms with Gasteiger partial charge in [-0.15, -0.1) is 0 Å². The number of hydrogen-bond acceptors (Lipinski definition) is 3. The highest BCUT2D eigenvalue weighted by molar-refractivity contribution is 5.99. The fourth-order valence-electron chi connectivity index (χ4n) is 4.13. The molecule has 0 aromatic heterocycles. The van der Waals surface area contributed by atoms with Crippen molar-refractivity contribution in [2.45, 2.75) is 37.4 Å². The third kappa shape index (κ3) is 3.25. The molecule has 0 radical (unpaired) electrons. The second-order valence-corrected chi connectivity index (χ2v) is 7.27. The summed E-state index contributed by atoms with van der Waals surface area (Å²) in [6.45, 7) is 0. The number of guanidine groups is 1. The molecule has 2 aromatic rings. The van der Waals surface area contributed by atoms with Crippen LogP contribution in [0.3, 0.4) is 0 Å². The van der Waals surface area contributed by atoms with E-state index < -0.39 is 17.3 Å². The topological polar surface area (TPSA) is 53.5 Å². The number of amides is 1. The van der Waals surface area contributed by atoms with Crippen LogP contribution in [0.4, 0.5) is 13.2 Å². The highest BCUT2D eigenvalue weighted by Crippen LogP contribution is 2.44. The first-order chi connectivity index (χ1) is 13.3. The summed E-state index contributed by atoms with van der Waals surface area (Å²) in [6, 6.07) is 11.0. The lowest BCUT2D eigenvalue weighted by Gasteiger charge is -2.38. The number of halogens is 3. The van der Waals surface area contributed by atoms with Crippen molar-refractivity contribution in [2.75, 3.05) is 7.05 Å². The predicted molar refractivity (Wildman–Crippen MR) is 101 cm³/mol. The molecule has 1 atom stereocenters. The van der Waals surface area contributed by atoms with Gasteiger partial charge in [-0.2, -0.15) is 13.2 Å². The average molecular weight is 387 g/mol. The maximum atomic E-state index is 13.1. The molecule has 4 nitrogen and oxygen atoms in total. The molecule has 146 valence electrons. The van der Waals surface area contributed by atoms with Gasteiger partial charge in [0.1, 0.15) is 0 Å². The first-order valence-electron chi connectivity index (χ1n) is 9.19. The lowest BCUT2D eigenvalue weighted by molar-refractivity contribution is -0.137. The second-order valence-electron chi connectivity index (χ2n) is 7.27. The van der Waals surface area contributed by atoms with Gasteiger partial charge in [0.2, 0.25) is 5.91 Å². The summed E-state index contributed by atoms with van der Waals surface area (Å²) < 4.78 is 39.3. The molecule has 0 fully saturated rings. The lowest BCUT2D eigenvalue weighted by Crippen LogP contribution is -2.49. The Morgan fingerprint density at radius 1 is 1.14 bits per heavy atom. The molecule has 0 bridgehead atoms. The molecule has 1 amide bonds. The zero-order chi connectivity index (χ0) is 19.9. The highest BCUT2D eigenvalue weighted by atomic mass is 19.4. The van der Waals surface area contributed by atoms with E-state index in [9.17, 15) is 18.0 Å². The van der Waals surface area contributed by atoms with Gasteiger partial charge in [-0.05, 0) is 59.7 Å². The highest BCUT2D eigenvalue weighted by Gasteiger charge is 2.41. The zero-order valence-electron chi connectivity index (χ0n) is 15.4. The van der Waals surface area contributed by atoms with Gasteiger partial charge in [0.05, 0.1) is 17.5 Å². The van der Waals surface area contributed by atoms with Crippen LogP contribution in [0.2, 0.25) is 0 Å². The monoisotopic (exact) mass is 387 g/mol. The Hall–Kier alpha value is -2.83. The molecule has 1 aliphatic carbocycles. The van der Waals surface area contributed by atoms with Gasteiger partial charge in [-0.25, -0.2) is 4.99 Å². The van der Waals surface area contributed by atoms with Crippen LogP contribution in [-0.4, -0.2) is 18.9 Å². The molecule has 28 heavy (non-hydrogen) atoms. The van der Waals surface area contributed by atoms with Crippen LogP contribution in [0, 0.1) is 0 Å². The summed E-state index contributed by atoms with van der Waals surface area (Å²) in [4.78, 5) is 17.0. The number of nitrogens with one attached hydrogen (secondary N) is 2. The van der Waals surface area contributed by atoms with Crippen LogP contribution in [-0.2, 0) is 22.9 Å². The normalized spacial score (nSPS) is 21.7. The number of aryl methyl sites for hydroxylation is 1. The van der Waals surface area contributed by atoms with Crippen LogP contribution in [0.15, 0.2) is 47.5 Å². The molecule has 4 rings (SSSR count). The number of carbonyl (C=O) groups is 1. The summed E-state index contributed by atoms with van der Waals surface area (Å²) in [7, 11) is 1.70. The van der Waals surface area contributed by atoms with Crippen molar-refractivity contribution in [1.29, 1.82) is 0 Å². The van der Waals surface area contributed by atoms with E-state index in [1.54, 1.807) is 13.1 Å². The summed E-state index contributed by atoms with van der Waals surface area (Å²) in [5.41, 5.74) is 1.86. The molecular weight excluding hydrogens is 367 g/mol. The minimum absolute atomic E-state index is 0.114. The van der Waals surface area contributed by atoms with Crippen molar-refractivity contribution in [2.24, 2.45) is 4.99 Å². The average Bonchev–Trinajstić information content (AvgIpc) is 2.67. The van der Waals surface area contributed by atoms with Crippen LogP contribution >= 0.6 is 0 Å². The second kappa shape index (κ2) is 6.65. The van der Waals surface area contributed by atoms with E-state index in [1.807, 2.05) is 18.2 Å². The number of alkyl halides is 3. The maximum Gasteiger partial charge on any atom is 0.416 e. The van der Waals surface area contributed by atoms with E-state index in [4.69, 9.17) is 4.99 Å². The van der Waals surface area contributed by atoms with E-state index in [-0.39, 0.29) is 12.3 Å². The minimum Gasteiger partial charge on any atom is -0.359 e. The van der Waals surface area contributed by atoms with Gasteiger partial charge in [0.15, 0.2) is 5.96 Å². The third-order valence-corrected chi connectivity index (χ3v) is 5.44. The number of benzene rings is 2. The molecular formula is C21H20F3N3O. The van der Waals surface area contributed by atoms with Crippen molar-refractivity contribution in [3.8, 4) is 11.1 Å². The van der Waals surface area contributed by atoms with E-state index in [1.165, 1.54) is 6.07 Å². The van der Waals surface area contributed by atoms with Crippen LogP contribution in [0.5, 0.6) is 0 Å². The first kappa shape index (κ1) is 18.5. The standard InChI is InChI=1S/C21H20F3N3O/c1-25-19-26-18(28)12-20(27-19)9-3-5-13-7-8-15(11-17(13)20)14-4-2-6-16(10-14)21(22,23)24/h2,4,6-8,10-11H,3,5,9,12H2,1H3,(H2,25,26,27,28)/t20-/m0/s1. The molecule has 0 unspecified atom stereocenters. The van der Waals surface area contributed by atoms with Gasteiger partial charge in [-0.1, -0.05) is 24.3 Å². The van der Waals surface area contributed by atoms with Crippen molar-refractivity contribution < 1.29 is 18.0 Å². The Bertz CT molecular complexity index is 968. The van der Waals surface area contributed by atoms with Crippen LogP contribution in [0.25, 0.3) is 11.1 Å². The number of fused-ring (bicyclic) bond motifs is 2. The van der Waals surface area contributed by atoms with Gasteiger partial charge in [0, 0.05) is 7.05 Å². The van der Waals surface area contributed by atoms with E-state index in [2.05, 4.69) is 10.6 Å². The minimum atomic E-state index is -4.39. The van der Waals surface area contributed by atoms with E-state index >= 15 is 0 Å². The Morgan fingerprint density at radius 3 is 2.68 bits per heavy atom. The van der Waals surface area contributed by atoms with Gasteiger partial charge >= 0.3 is 6.18 Å². The van der Waals surface area contributed by atoms with Gasteiger partial charge < -0.3 is 5.32 Å². The van der Waals surface area contributed by atoms with Crippen molar-refractivity contribution >= 4 is 11.9 Å². The Kier molecular flexibility index (Phi) is 4.40. The van der Waals surface area contributed by atoms with Crippen LogP contribution in [0.1, 0.15) is 36.0 Å². The number of rotatable bonds is 1. The zero-order valence-corrected chi connectivity index (χ0v) is 15.4. The van der Waals surface area contributed by atoms with E-state index in [0.717, 1.165) is 42.5 Å². The van der Waals surface area contributed by atoms with Crippen molar-refractivity contribution in [1.82, 2.24) is 10.6 Å². The Labute approximate surface area is 160 Å². The van der Waals surface area contributed by atoms with Crippen molar-refractivity contribution in [3.63, 3.8) is 0 Å². The molecule has 7 heteroatoms. The first-order valence-corrected chi connectivity index (χ1v) is 9.19. The summed E-state index contributed by atoms with van der Waals surface area (Å²) in [5.74, 6) is 0.310. The molecule has 2 aromatic carbocycles. The quantitative estimate of drug-likeness (QED) is 0.777. The predicted octanol–water partition coefficient (Wildman–Crippen LogP) is 4.00. The Balaban J connectivity index is 1.83. The molecule has 0 saturated heterocycles. The molecule has 1 heterocycles. The fraction of sp³-hybridized carbons (Fsp3) is 0.333. The van der Waals surface area contributed by atoms with E-state index in [0.29, 0.717) is 17.1 Å². The SMILES string of the molecule is CNC1=N[C@@]2(CCCc3ccc(-c4cccc(C(F)(F)F)c4)cc32)CC(=O)N1. The van der Waals surface area contributed by atoms with Gasteiger partial charge in [-0.3, -0.25) is 10.1 Å². The Morgan fingerprint density at radius 2 is 1.93 bits per heavy atom. The third-order valence-electron chi connectivity index (χ3n) is 5.44. The lowest BCUT2D eigenvalue weighted by atomic mass is 9.73. The summed E-state index contributed by atoms with van der Waals surface area (Å²) >= 11 is 0. The fourth-order valence-corrected chi connectivity index (χ4v) is 4.13. The molecule has 1 aliphatic heterocycles. The number of hydrogen-bond donors (Lipinski definition) is 2.